The van der Waals surface area contributed by atoms with Crippen molar-refractivity contribution in [1.29, 1.82) is 0 Å². The van der Waals surface area contributed by atoms with E-state index in [4.69, 9.17) is 4.74 Å². The second-order valence-corrected chi connectivity index (χ2v) is 7.65. The van der Waals surface area contributed by atoms with Gasteiger partial charge in [-0.05, 0) is 49.6 Å². The number of nitrogens with one attached hydrogen (secondary N) is 1. The van der Waals surface area contributed by atoms with E-state index in [2.05, 4.69) is 49.1 Å². The summed E-state index contributed by atoms with van der Waals surface area (Å²) in [6, 6.07) is 7.06. The Hall–Kier alpha value is -0.670. The maximum Gasteiger partial charge on any atom is 0.122 e. The predicted molar refractivity (Wildman–Crippen MR) is 82.2 cm³/mol. The van der Waals surface area contributed by atoms with Gasteiger partial charge in [-0.1, -0.05) is 12.1 Å². The summed E-state index contributed by atoms with van der Waals surface area (Å²) in [5.41, 5.74) is 2.75. The molecule has 1 aromatic carbocycles. The Kier molecular flexibility index (Phi) is 3.77. The number of fused-ring (bicyclic) bond motifs is 1. The third kappa shape index (κ3) is 2.92. The van der Waals surface area contributed by atoms with E-state index in [-0.39, 0.29) is 0 Å². The number of hydrogen-bond acceptors (Lipinski definition) is 3. The SMILES string of the molecule is CC(NCC1(C)CCCS1)c1ccc2c(c1)CCO2. The molecule has 0 radical (unpaired) electrons. The summed E-state index contributed by atoms with van der Waals surface area (Å²) in [4.78, 5) is 0. The number of thioether (sulfide) groups is 1. The normalized spacial score (nSPS) is 27.1. The molecule has 0 spiro atoms. The fourth-order valence-corrected chi connectivity index (χ4v) is 4.19. The number of hydrogen-bond donors (Lipinski definition) is 1. The van der Waals surface area contributed by atoms with Crippen molar-refractivity contribution in [3.63, 3.8) is 0 Å². The lowest BCUT2D eigenvalue weighted by molar-refractivity contribution is 0.356. The van der Waals surface area contributed by atoms with E-state index in [1.54, 1.807) is 0 Å². The monoisotopic (exact) mass is 277 g/mol. The molecule has 19 heavy (non-hydrogen) atoms. The zero-order chi connectivity index (χ0) is 13.3. The van der Waals surface area contributed by atoms with Gasteiger partial charge < -0.3 is 10.1 Å². The third-order valence-electron chi connectivity index (χ3n) is 4.30. The molecule has 1 aromatic rings. The zero-order valence-corrected chi connectivity index (χ0v) is 12.7. The molecule has 2 unspecified atom stereocenters. The fraction of sp³-hybridized carbons (Fsp3) is 0.625. The maximum atomic E-state index is 5.57. The van der Waals surface area contributed by atoms with Crippen molar-refractivity contribution in [2.24, 2.45) is 0 Å². The number of benzene rings is 1. The van der Waals surface area contributed by atoms with Crippen LogP contribution in [0.3, 0.4) is 0 Å². The summed E-state index contributed by atoms with van der Waals surface area (Å²) in [5, 5.41) is 3.71. The molecule has 104 valence electrons. The van der Waals surface area contributed by atoms with Gasteiger partial charge in [0.05, 0.1) is 6.61 Å². The van der Waals surface area contributed by atoms with Gasteiger partial charge in [0.1, 0.15) is 5.75 Å². The lowest BCUT2D eigenvalue weighted by atomic mass is 10.0. The van der Waals surface area contributed by atoms with Crippen LogP contribution in [0.15, 0.2) is 18.2 Å². The van der Waals surface area contributed by atoms with Crippen molar-refractivity contribution in [3.8, 4) is 5.75 Å². The molecule has 3 rings (SSSR count). The van der Waals surface area contributed by atoms with Crippen LogP contribution in [0.1, 0.15) is 43.9 Å². The minimum Gasteiger partial charge on any atom is -0.493 e. The molecular formula is C16H23NOS. The van der Waals surface area contributed by atoms with Gasteiger partial charge in [-0.3, -0.25) is 0 Å². The molecule has 0 saturated carbocycles. The highest BCUT2D eigenvalue weighted by molar-refractivity contribution is 8.00. The lowest BCUT2D eigenvalue weighted by Crippen LogP contribution is -2.34. The highest BCUT2D eigenvalue weighted by atomic mass is 32.2. The summed E-state index contributed by atoms with van der Waals surface area (Å²) in [7, 11) is 0. The van der Waals surface area contributed by atoms with Crippen LogP contribution in [0.2, 0.25) is 0 Å². The molecule has 2 atom stereocenters. The highest BCUT2D eigenvalue weighted by Crippen LogP contribution is 2.37. The van der Waals surface area contributed by atoms with Gasteiger partial charge in [0.15, 0.2) is 0 Å². The van der Waals surface area contributed by atoms with Crippen molar-refractivity contribution in [3.05, 3.63) is 29.3 Å². The van der Waals surface area contributed by atoms with E-state index in [1.807, 2.05) is 0 Å². The molecule has 1 saturated heterocycles. The van der Waals surface area contributed by atoms with E-state index >= 15 is 0 Å². The summed E-state index contributed by atoms with van der Waals surface area (Å²) < 4.78 is 6.01. The van der Waals surface area contributed by atoms with E-state index in [0.29, 0.717) is 10.8 Å². The Morgan fingerprint density at radius 1 is 1.47 bits per heavy atom. The maximum absolute atomic E-state index is 5.57. The first-order valence-corrected chi connectivity index (χ1v) is 8.28. The second-order valence-electron chi connectivity index (χ2n) is 5.97. The third-order valence-corrected chi connectivity index (χ3v) is 5.83. The van der Waals surface area contributed by atoms with Gasteiger partial charge in [-0.2, -0.15) is 11.8 Å². The van der Waals surface area contributed by atoms with Crippen LogP contribution in [0.25, 0.3) is 0 Å². The molecule has 2 heterocycles. The Morgan fingerprint density at radius 2 is 2.37 bits per heavy atom. The number of rotatable bonds is 4. The quantitative estimate of drug-likeness (QED) is 0.909. The average Bonchev–Trinajstić information content (AvgIpc) is 3.04. The molecule has 0 aromatic heterocycles. The number of ether oxygens (including phenoxy) is 1. The molecule has 0 aliphatic carbocycles. The minimum atomic E-state index is 0.420. The van der Waals surface area contributed by atoms with Crippen LogP contribution >= 0.6 is 11.8 Å². The topological polar surface area (TPSA) is 21.3 Å². The van der Waals surface area contributed by atoms with Gasteiger partial charge in [0.2, 0.25) is 0 Å². The van der Waals surface area contributed by atoms with Gasteiger partial charge in [0.25, 0.3) is 0 Å². The van der Waals surface area contributed by atoms with Crippen LogP contribution in [0.4, 0.5) is 0 Å². The molecule has 2 aliphatic rings. The Bertz CT molecular complexity index is 454. The highest BCUT2D eigenvalue weighted by Gasteiger charge is 2.29. The fourth-order valence-electron chi connectivity index (χ4n) is 2.94. The first-order valence-electron chi connectivity index (χ1n) is 7.29. The van der Waals surface area contributed by atoms with Gasteiger partial charge in [0, 0.05) is 23.8 Å². The van der Waals surface area contributed by atoms with Crippen molar-refractivity contribution in [2.75, 3.05) is 18.9 Å². The van der Waals surface area contributed by atoms with Crippen LogP contribution in [-0.4, -0.2) is 23.7 Å². The molecule has 0 bridgehead atoms. The smallest absolute Gasteiger partial charge is 0.122 e. The van der Waals surface area contributed by atoms with E-state index in [0.717, 1.165) is 25.3 Å². The van der Waals surface area contributed by atoms with E-state index in [1.165, 1.54) is 29.7 Å². The Labute approximate surface area is 120 Å². The summed E-state index contributed by atoms with van der Waals surface area (Å²) in [6.07, 6.45) is 3.77. The summed E-state index contributed by atoms with van der Waals surface area (Å²) in [6.45, 7) is 6.60. The van der Waals surface area contributed by atoms with Crippen molar-refractivity contribution < 1.29 is 4.74 Å². The Morgan fingerprint density at radius 3 is 3.16 bits per heavy atom. The summed E-state index contributed by atoms with van der Waals surface area (Å²) >= 11 is 2.12. The Balaban J connectivity index is 1.62. The van der Waals surface area contributed by atoms with Crippen LogP contribution in [-0.2, 0) is 6.42 Å². The van der Waals surface area contributed by atoms with Crippen LogP contribution < -0.4 is 10.1 Å². The van der Waals surface area contributed by atoms with Crippen molar-refractivity contribution >= 4 is 11.8 Å². The molecule has 1 fully saturated rings. The largest absolute Gasteiger partial charge is 0.493 e. The van der Waals surface area contributed by atoms with Gasteiger partial charge >= 0.3 is 0 Å². The molecule has 0 amide bonds. The second kappa shape index (κ2) is 5.37. The summed E-state index contributed by atoms with van der Waals surface area (Å²) in [5.74, 6) is 2.40. The standard InChI is InChI=1S/C16H23NOS/c1-12(17-11-16(2)7-3-9-19-16)13-4-5-15-14(10-13)6-8-18-15/h4-5,10,12,17H,3,6-9,11H2,1-2H3. The van der Waals surface area contributed by atoms with Gasteiger partial charge in [-0.25, -0.2) is 0 Å². The molecule has 2 nitrogen and oxygen atoms in total. The molecule has 1 N–H and O–H groups in total. The lowest BCUT2D eigenvalue weighted by Gasteiger charge is -2.26. The zero-order valence-electron chi connectivity index (χ0n) is 11.9. The molecule has 3 heteroatoms. The van der Waals surface area contributed by atoms with E-state index in [9.17, 15) is 0 Å². The van der Waals surface area contributed by atoms with Gasteiger partial charge in [-0.15, -0.1) is 0 Å². The molecular weight excluding hydrogens is 254 g/mol. The predicted octanol–water partition coefficient (Wildman–Crippen LogP) is 3.56. The van der Waals surface area contributed by atoms with Crippen molar-refractivity contribution in [2.45, 2.75) is 43.9 Å². The first kappa shape index (κ1) is 13.3. The molecule has 2 aliphatic heterocycles. The van der Waals surface area contributed by atoms with Crippen LogP contribution in [0.5, 0.6) is 5.75 Å². The van der Waals surface area contributed by atoms with Crippen molar-refractivity contribution in [1.82, 2.24) is 5.32 Å². The minimum absolute atomic E-state index is 0.420. The first-order chi connectivity index (χ1) is 9.16. The van der Waals surface area contributed by atoms with E-state index < -0.39 is 0 Å². The van der Waals surface area contributed by atoms with Crippen LogP contribution in [0, 0.1) is 0 Å². The average molecular weight is 277 g/mol.